The van der Waals surface area contributed by atoms with Gasteiger partial charge in [0.1, 0.15) is 17.2 Å². The Labute approximate surface area is 129 Å². The van der Waals surface area contributed by atoms with E-state index in [4.69, 9.17) is 0 Å². The van der Waals surface area contributed by atoms with Crippen molar-refractivity contribution in [2.24, 2.45) is 0 Å². The summed E-state index contributed by atoms with van der Waals surface area (Å²) in [6, 6.07) is 3.13. The van der Waals surface area contributed by atoms with Crippen LogP contribution in [-0.2, 0) is 16.6 Å². The van der Waals surface area contributed by atoms with Crippen LogP contribution in [0.1, 0.15) is 38.4 Å². The molecule has 4 N–H and O–H groups in total. The lowest BCUT2D eigenvalue weighted by Crippen LogP contribution is -2.15. The van der Waals surface area contributed by atoms with E-state index in [0.717, 1.165) is 5.69 Å². The maximum absolute atomic E-state index is 12.0. The molecule has 1 heterocycles. The summed E-state index contributed by atoms with van der Waals surface area (Å²) in [5, 5.41) is 22.8. The van der Waals surface area contributed by atoms with Gasteiger partial charge in [-0.3, -0.25) is 4.79 Å². The fraction of sp³-hybridized carbons (Fsp3) is 0.375. The number of carbonyl (C=O) groups is 1. The highest BCUT2D eigenvalue weighted by atomic mass is 16.3. The number of carbonyl (C=O) groups excluding carboxylic acids is 1. The van der Waals surface area contributed by atoms with Crippen LogP contribution in [0.5, 0.6) is 11.5 Å². The zero-order chi connectivity index (χ0) is 16.3. The number of aryl methyl sites for hydroxylation is 1. The number of phenols is 2. The number of anilines is 1. The topological polar surface area (TPSA) is 98.2 Å². The van der Waals surface area contributed by atoms with Crippen molar-refractivity contribution in [3.8, 4) is 11.5 Å². The summed E-state index contributed by atoms with van der Waals surface area (Å²) >= 11 is 0. The number of rotatable bonds is 4. The van der Waals surface area contributed by atoms with E-state index in [2.05, 4.69) is 15.3 Å². The first-order chi connectivity index (χ1) is 10.3. The predicted octanol–water partition coefficient (Wildman–Crippen LogP) is 2.69. The van der Waals surface area contributed by atoms with E-state index in [-0.39, 0.29) is 34.9 Å². The van der Waals surface area contributed by atoms with Gasteiger partial charge in [-0.1, -0.05) is 26.8 Å². The first-order valence-corrected chi connectivity index (χ1v) is 7.11. The van der Waals surface area contributed by atoms with Crippen molar-refractivity contribution >= 4 is 11.6 Å². The maximum Gasteiger partial charge on any atom is 0.224 e. The molecule has 0 aliphatic heterocycles. The van der Waals surface area contributed by atoms with E-state index in [1.165, 1.54) is 6.07 Å². The van der Waals surface area contributed by atoms with E-state index in [1.54, 1.807) is 18.6 Å². The molecule has 1 aromatic carbocycles. The molecule has 22 heavy (non-hydrogen) atoms. The standard InChI is InChI=1S/C16H21N3O3/c1-16(2,3)11-5-6-12(20)14(15(11)22)19-13(21)7-4-10-8-17-9-18-10/h5-6,8-9,20,22H,4,7H2,1-3H3,(H,17,18)(H,19,21). The highest BCUT2D eigenvalue weighted by molar-refractivity contribution is 5.94. The Balaban J connectivity index is 2.13. The van der Waals surface area contributed by atoms with Crippen LogP contribution in [0.25, 0.3) is 0 Å². The Morgan fingerprint density at radius 3 is 2.64 bits per heavy atom. The monoisotopic (exact) mass is 303 g/mol. The number of hydrogen-bond acceptors (Lipinski definition) is 4. The van der Waals surface area contributed by atoms with E-state index in [9.17, 15) is 15.0 Å². The summed E-state index contributed by atoms with van der Waals surface area (Å²) in [6.07, 6.45) is 3.94. The largest absolute Gasteiger partial charge is 0.506 e. The Morgan fingerprint density at radius 1 is 1.32 bits per heavy atom. The van der Waals surface area contributed by atoms with Gasteiger partial charge in [0.25, 0.3) is 0 Å². The van der Waals surface area contributed by atoms with Gasteiger partial charge in [-0.2, -0.15) is 0 Å². The Kier molecular flexibility index (Phi) is 4.40. The molecule has 6 nitrogen and oxygen atoms in total. The molecule has 0 fully saturated rings. The molecule has 6 heteroatoms. The summed E-state index contributed by atoms with van der Waals surface area (Å²) in [7, 11) is 0. The van der Waals surface area contributed by atoms with Gasteiger partial charge in [-0.05, 0) is 17.9 Å². The lowest BCUT2D eigenvalue weighted by molar-refractivity contribution is -0.116. The van der Waals surface area contributed by atoms with Crippen molar-refractivity contribution in [1.29, 1.82) is 0 Å². The van der Waals surface area contributed by atoms with Gasteiger partial charge in [0.15, 0.2) is 0 Å². The van der Waals surface area contributed by atoms with E-state index >= 15 is 0 Å². The smallest absolute Gasteiger partial charge is 0.224 e. The highest BCUT2D eigenvalue weighted by Crippen LogP contribution is 2.41. The van der Waals surface area contributed by atoms with Gasteiger partial charge in [-0.25, -0.2) is 4.98 Å². The molecule has 0 saturated heterocycles. The molecular formula is C16H21N3O3. The molecule has 118 valence electrons. The lowest BCUT2D eigenvalue weighted by Gasteiger charge is -2.22. The van der Waals surface area contributed by atoms with Crippen LogP contribution in [0.2, 0.25) is 0 Å². The summed E-state index contributed by atoms with van der Waals surface area (Å²) < 4.78 is 0. The minimum Gasteiger partial charge on any atom is -0.506 e. The fourth-order valence-corrected chi connectivity index (χ4v) is 2.18. The summed E-state index contributed by atoms with van der Waals surface area (Å²) in [6.45, 7) is 5.84. The minimum atomic E-state index is -0.298. The first kappa shape index (κ1) is 15.9. The van der Waals surface area contributed by atoms with E-state index in [0.29, 0.717) is 12.0 Å². The molecule has 2 aromatic rings. The predicted molar refractivity (Wildman–Crippen MR) is 84.0 cm³/mol. The molecule has 1 amide bonds. The van der Waals surface area contributed by atoms with Gasteiger partial charge in [-0.15, -0.1) is 0 Å². The molecule has 0 spiro atoms. The highest BCUT2D eigenvalue weighted by Gasteiger charge is 2.23. The number of amides is 1. The molecule has 2 rings (SSSR count). The number of benzene rings is 1. The van der Waals surface area contributed by atoms with Gasteiger partial charge >= 0.3 is 0 Å². The number of nitrogens with zero attached hydrogens (tertiary/aromatic N) is 1. The zero-order valence-electron chi connectivity index (χ0n) is 13.0. The number of imidazole rings is 1. The fourth-order valence-electron chi connectivity index (χ4n) is 2.18. The van der Waals surface area contributed by atoms with Crippen LogP contribution in [0.3, 0.4) is 0 Å². The van der Waals surface area contributed by atoms with Crippen molar-refractivity contribution < 1.29 is 15.0 Å². The Hall–Kier alpha value is -2.50. The van der Waals surface area contributed by atoms with Crippen LogP contribution >= 0.6 is 0 Å². The van der Waals surface area contributed by atoms with Gasteiger partial charge in [0, 0.05) is 23.9 Å². The molecular weight excluding hydrogens is 282 g/mol. The average molecular weight is 303 g/mol. The van der Waals surface area contributed by atoms with Gasteiger partial charge in [0.05, 0.1) is 6.33 Å². The molecule has 0 atom stereocenters. The summed E-state index contributed by atoms with van der Waals surface area (Å²) in [5.41, 5.74) is 1.27. The summed E-state index contributed by atoms with van der Waals surface area (Å²) in [4.78, 5) is 18.8. The third-order valence-corrected chi connectivity index (χ3v) is 3.40. The second kappa shape index (κ2) is 6.09. The number of phenolic OH excluding ortho intramolecular Hbond substituents is 2. The van der Waals surface area contributed by atoms with Crippen molar-refractivity contribution in [3.63, 3.8) is 0 Å². The van der Waals surface area contributed by atoms with Crippen LogP contribution in [-0.4, -0.2) is 26.1 Å². The van der Waals surface area contributed by atoms with Crippen LogP contribution < -0.4 is 5.32 Å². The molecule has 0 aliphatic carbocycles. The second-order valence-electron chi connectivity index (χ2n) is 6.23. The van der Waals surface area contributed by atoms with Crippen molar-refractivity contribution in [2.45, 2.75) is 39.0 Å². The van der Waals surface area contributed by atoms with Crippen molar-refractivity contribution in [1.82, 2.24) is 9.97 Å². The van der Waals surface area contributed by atoms with Crippen LogP contribution in [0.15, 0.2) is 24.7 Å². The number of nitrogens with one attached hydrogen (secondary N) is 2. The normalized spacial score (nSPS) is 11.4. The lowest BCUT2D eigenvalue weighted by atomic mass is 9.86. The molecule has 0 aliphatic rings. The van der Waals surface area contributed by atoms with Crippen molar-refractivity contribution in [2.75, 3.05) is 5.32 Å². The number of hydrogen-bond donors (Lipinski definition) is 4. The number of aromatic nitrogens is 2. The maximum atomic E-state index is 12.0. The van der Waals surface area contributed by atoms with Crippen molar-refractivity contribution in [3.05, 3.63) is 35.9 Å². The van der Waals surface area contributed by atoms with E-state index in [1.807, 2.05) is 20.8 Å². The third kappa shape index (κ3) is 3.58. The molecule has 0 bridgehead atoms. The van der Waals surface area contributed by atoms with Crippen LogP contribution in [0, 0.1) is 0 Å². The van der Waals surface area contributed by atoms with E-state index < -0.39 is 0 Å². The number of aromatic hydroxyl groups is 2. The van der Waals surface area contributed by atoms with Crippen LogP contribution in [0.4, 0.5) is 5.69 Å². The number of aromatic amines is 1. The second-order valence-corrected chi connectivity index (χ2v) is 6.23. The third-order valence-electron chi connectivity index (χ3n) is 3.40. The number of H-pyrrole nitrogens is 1. The molecule has 1 aromatic heterocycles. The van der Waals surface area contributed by atoms with Gasteiger partial charge < -0.3 is 20.5 Å². The molecule has 0 radical (unpaired) electrons. The summed E-state index contributed by atoms with van der Waals surface area (Å²) in [5.74, 6) is -0.533. The Morgan fingerprint density at radius 2 is 2.05 bits per heavy atom. The minimum absolute atomic E-state index is 0.0574. The molecule has 0 unspecified atom stereocenters. The molecule has 0 saturated carbocycles. The Bertz CT molecular complexity index is 658. The quantitative estimate of drug-likeness (QED) is 0.653. The SMILES string of the molecule is CC(C)(C)c1ccc(O)c(NC(=O)CCc2cnc[nH]2)c1O. The first-order valence-electron chi connectivity index (χ1n) is 7.11. The average Bonchev–Trinajstić information content (AvgIpc) is 2.93. The van der Waals surface area contributed by atoms with Gasteiger partial charge in [0.2, 0.25) is 5.91 Å². The zero-order valence-corrected chi connectivity index (χ0v) is 13.0.